The molecule has 0 aliphatic carbocycles. The zero-order valence-corrected chi connectivity index (χ0v) is 10.2. The monoisotopic (exact) mass is 319 g/mol. The molecular weight excluding hydrogens is 318 g/mol. The normalized spacial score (nSPS) is 10.3. The van der Waals surface area contributed by atoms with Crippen LogP contribution in [0.5, 0.6) is 0 Å². The molecule has 0 saturated carbocycles. The molecule has 0 N–H and O–H groups in total. The predicted molar refractivity (Wildman–Crippen MR) is 58.5 cm³/mol. The smallest absolute Gasteiger partial charge is 0.183 e. The summed E-state index contributed by atoms with van der Waals surface area (Å²) in [4.78, 5) is 4.20. The van der Waals surface area contributed by atoms with Gasteiger partial charge >= 0.3 is 0 Å². The van der Waals surface area contributed by atoms with Crippen molar-refractivity contribution in [3.63, 3.8) is 0 Å². The Kier molecular flexibility index (Phi) is 2.71. The van der Waals surface area contributed by atoms with Crippen molar-refractivity contribution in [2.75, 3.05) is 0 Å². The maximum Gasteiger partial charge on any atom is 0.183 e. The van der Waals surface area contributed by atoms with Crippen LogP contribution in [0.1, 0.15) is 0 Å². The van der Waals surface area contributed by atoms with Crippen LogP contribution in [0.2, 0.25) is 0 Å². The van der Waals surface area contributed by atoms with Crippen LogP contribution in [0.15, 0.2) is 26.7 Å². The molecule has 0 aliphatic rings. The van der Waals surface area contributed by atoms with Gasteiger partial charge in [0.2, 0.25) is 0 Å². The molecule has 0 unspecified atom stereocenters. The number of nitrogens with zero attached hydrogens (tertiary/aromatic N) is 3. The molecule has 2 rings (SSSR count). The molecule has 2 heterocycles. The van der Waals surface area contributed by atoms with Crippen molar-refractivity contribution in [2.45, 2.75) is 0 Å². The minimum atomic E-state index is 0.764. The van der Waals surface area contributed by atoms with E-state index in [2.05, 4.69) is 47.0 Å². The van der Waals surface area contributed by atoms with Crippen LogP contribution < -0.4 is 0 Å². The van der Waals surface area contributed by atoms with Gasteiger partial charge in [-0.1, -0.05) is 11.3 Å². The Morgan fingerprint density at radius 1 is 1.23 bits per heavy atom. The SMILES string of the molecule is Brc1nnc(-c2ncccc2Br)s1. The lowest BCUT2D eigenvalue weighted by Gasteiger charge is -1.95. The van der Waals surface area contributed by atoms with Crippen LogP contribution >= 0.6 is 43.2 Å². The minimum absolute atomic E-state index is 0.764. The van der Waals surface area contributed by atoms with Crippen LogP contribution in [0, 0.1) is 0 Å². The van der Waals surface area contributed by atoms with Crippen LogP contribution in [0.3, 0.4) is 0 Å². The fourth-order valence-electron chi connectivity index (χ4n) is 0.844. The summed E-state index contributed by atoms with van der Waals surface area (Å²) in [5, 5.41) is 8.64. The summed E-state index contributed by atoms with van der Waals surface area (Å²) in [6.07, 6.45) is 1.73. The Labute approximate surface area is 95.5 Å². The van der Waals surface area contributed by atoms with Gasteiger partial charge in [0.1, 0.15) is 5.69 Å². The topological polar surface area (TPSA) is 38.7 Å². The van der Waals surface area contributed by atoms with E-state index in [-0.39, 0.29) is 0 Å². The maximum atomic E-state index is 4.20. The van der Waals surface area contributed by atoms with Crippen molar-refractivity contribution in [3.8, 4) is 10.7 Å². The summed E-state index contributed by atoms with van der Waals surface area (Å²) in [5.74, 6) is 0. The fraction of sp³-hybridized carbons (Fsp3) is 0. The highest BCUT2D eigenvalue weighted by Gasteiger charge is 2.08. The molecule has 0 spiro atoms. The summed E-state index contributed by atoms with van der Waals surface area (Å²) >= 11 is 8.12. The van der Waals surface area contributed by atoms with Gasteiger partial charge in [-0.2, -0.15) is 0 Å². The van der Waals surface area contributed by atoms with E-state index in [0.29, 0.717) is 0 Å². The van der Waals surface area contributed by atoms with E-state index in [4.69, 9.17) is 0 Å². The van der Waals surface area contributed by atoms with E-state index in [9.17, 15) is 0 Å². The van der Waals surface area contributed by atoms with Crippen molar-refractivity contribution >= 4 is 43.2 Å². The third-order valence-electron chi connectivity index (χ3n) is 1.36. The molecule has 0 bridgehead atoms. The van der Waals surface area contributed by atoms with Crippen LogP contribution in [-0.2, 0) is 0 Å². The standard InChI is InChI=1S/C7H3Br2N3S/c8-4-2-1-3-10-5(4)6-11-12-7(9)13-6/h1-3H. The zero-order valence-electron chi connectivity index (χ0n) is 6.24. The number of hydrogen-bond donors (Lipinski definition) is 0. The molecule has 13 heavy (non-hydrogen) atoms. The molecular formula is C7H3Br2N3S. The lowest BCUT2D eigenvalue weighted by molar-refractivity contribution is 1.07. The van der Waals surface area contributed by atoms with Gasteiger partial charge in [-0.05, 0) is 44.0 Å². The Morgan fingerprint density at radius 2 is 2.08 bits per heavy atom. The predicted octanol–water partition coefficient (Wildman–Crippen LogP) is 3.13. The second-order valence-corrected chi connectivity index (χ2v) is 5.30. The molecule has 0 fully saturated rings. The third-order valence-corrected chi connectivity index (χ3v) is 3.36. The molecule has 0 radical (unpaired) electrons. The zero-order chi connectivity index (χ0) is 9.26. The molecule has 0 aromatic carbocycles. The number of rotatable bonds is 1. The van der Waals surface area contributed by atoms with E-state index in [1.54, 1.807) is 6.20 Å². The largest absolute Gasteiger partial charge is 0.252 e. The highest BCUT2D eigenvalue weighted by atomic mass is 79.9. The number of pyridine rings is 1. The second-order valence-electron chi connectivity index (χ2n) is 2.19. The average molecular weight is 321 g/mol. The van der Waals surface area contributed by atoms with Crippen LogP contribution in [0.25, 0.3) is 10.7 Å². The Morgan fingerprint density at radius 3 is 2.69 bits per heavy atom. The van der Waals surface area contributed by atoms with Crippen LogP contribution in [0.4, 0.5) is 0 Å². The first-order valence-electron chi connectivity index (χ1n) is 3.37. The van der Waals surface area contributed by atoms with Gasteiger partial charge in [0.05, 0.1) is 0 Å². The summed E-state index contributed by atoms with van der Waals surface area (Å²) in [5.41, 5.74) is 0.825. The summed E-state index contributed by atoms with van der Waals surface area (Å²) < 4.78 is 1.69. The minimum Gasteiger partial charge on any atom is -0.252 e. The quantitative estimate of drug-likeness (QED) is 0.810. The van der Waals surface area contributed by atoms with Crippen molar-refractivity contribution in [2.24, 2.45) is 0 Å². The van der Waals surface area contributed by atoms with Gasteiger partial charge in [-0.25, -0.2) is 0 Å². The van der Waals surface area contributed by atoms with E-state index in [1.165, 1.54) is 11.3 Å². The van der Waals surface area contributed by atoms with Gasteiger partial charge in [-0.3, -0.25) is 4.98 Å². The summed E-state index contributed by atoms with van der Waals surface area (Å²) in [6, 6.07) is 3.79. The first-order valence-corrected chi connectivity index (χ1v) is 5.77. The molecule has 0 amide bonds. The summed E-state index contributed by atoms with van der Waals surface area (Å²) in [7, 11) is 0. The highest BCUT2D eigenvalue weighted by molar-refractivity contribution is 9.11. The first-order chi connectivity index (χ1) is 6.27. The summed E-state index contributed by atoms with van der Waals surface area (Å²) in [6.45, 7) is 0. The van der Waals surface area contributed by atoms with E-state index >= 15 is 0 Å². The van der Waals surface area contributed by atoms with Gasteiger partial charge < -0.3 is 0 Å². The van der Waals surface area contributed by atoms with E-state index in [0.717, 1.165) is 19.1 Å². The van der Waals surface area contributed by atoms with Gasteiger partial charge in [0.15, 0.2) is 8.92 Å². The first kappa shape index (κ1) is 9.23. The Bertz CT molecular complexity index is 429. The Hall–Kier alpha value is -0.330. The molecule has 2 aromatic heterocycles. The number of halogens is 2. The average Bonchev–Trinajstić information content (AvgIpc) is 2.53. The lowest BCUT2D eigenvalue weighted by atomic mass is 10.4. The highest BCUT2D eigenvalue weighted by Crippen LogP contribution is 2.29. The molecule has 2 aromatic rings. The van der Waals surface area contributed by atoms with Gasteiger partial charge in [0.25, 0.3) is 0 Å². The fourth-order valence-corrected chi connectivity index (χ4v) is 2.54. The molecule has 0 atom stereocenters. The van der Waals surface area contributed by atoms with Gasteiger partial charge in [-0.15, -0.1) is 10.2 Å². The molecule has 0 saturated heterocycles. The van der Waals surface area contributed by atoms with Crippen molar-refractivity contribution in [1.29, 1.82) is 0 Å². The van der Waals surface area contributed by atoms with Crippen LogP contribution in [-0.4, -0.2) is 15.2 Å². The number of aromatic nitrogens is 3. The lowest BCUT2D eigenvalue weighted by Crippen LogP contribution is -1.82. The molecule has 3 nitrogen and oxygen atoms in total. The van der Waals surface area contributed by atoms with Gasteiger partial charge in [0, 0.05) is 10.7 Å². The second kappa shape index (κ2) is 3.81. The maximum absolute atomic E-state index is 4.20. The van der Waals surface area contributed by atoms with Crippen molar-refractivity contribution in [3.05, 3.63) is 26.7 Å². The Balaban J connectivity index is 2.52. The molecule has 6 heteroatoms. The third kappa shape index (κ3) is 1.95. The number of hydrogen-bond acceptors (Lipinski definition) is 4. The van der Waals surface area contributed by atoms with E-state index < -0.39 is 0 Å². The molecule has 66 valence electrons. The van der Waals surface area contributed by atoms with Crippen molar-refractivity contribution < 1.29 is 0 Å². The van der Waals surface area contributed by atoms with E-state index in [1.807, 2.05) is 12.1 Å². The molecule has 0 aliphatic heterocycles. The van der Waals surface area contributed by atoms with Crippen molar-refractivity contribution in [1.82, 2.24) is 15.2 Å².